The first-order valence-corrected chi connectivity index (χ1v) is 8.66. The van der Waals surface area contributed by atoms with Crippen molar-refractivity contribution < 1.29 is 14.3 Å². The molecule has 2 aromatic rings. The van der Waals surface area contributed by atoms with Crippen molar-refractivity contribution in [1.82, 2.24) is 9.55 Å². The summed E-state index contributed by atoms with van der Waals surface area (Å²) in [4.78, 5) is 16.7. The molecular weight excluding hydrogens is 374 g/mol. The van der Waals surface area contributed by atoms with Gasteiger partial charge >= 0.3 is 0 Å². The summed E-state index contributed by atoms with van der Waals surface area (Å²) in [6, 6.07) is 5.66. The molecule has 0 bridgehead atoms. The highest BCUT2D eigenvalue weighted by atomic mass is 79.9. The van der Waals surface area contributed by atoms with Crippen LogP contribution in [0.25, 0.3) is 0 Å². The standard InChI is InChI=1S/C17H22BrN3O3/c1-4-23-15(24-5-2)11-21-10-9-19-16(21)17(22)20-14-8-6-7-13(18)12(14)3/h6-10,15H,4-5,11H2,1-3H3,(H,20,22). The number of amides is 1. The van der Waals surface area contributed by atoms with E-state index in [-0.39, 0.29) is 5.91 Å². The summed E-state index contributed by atoms with van der Waals surface area (Å²) < 4.78 is 13.7. The molecule has 1 amide bonds. The molecule has 1 heterocycles. The van der Waals surface area contributed by atoms with Crippen molar-refractivity contribution in [3.63, 3.8) is 0 Å². The molecule has 0 fully saturated rings. The fourth-order valence-electron chi connectivity index (χ4n) is 2.27. The Morgan fingerprint density at radius 1 is 1.33 bits per heavy atom. The second kappa shape index (κ2) is 8.96. The third kappa shape index (κ3) is 4.66. The monoisotopic (exact) mass is 395 g/mol. The molecule has 1 N–H and O–H groups in total. The number of nitrogens with one attached hydrogen (secondary N) is 1. The Balaban J connectivity index is 2.13. The lowest BCUT2D eigenvalue weighted by molar-refractivity contribution is -0.143. The average Bonchev–Trinajstić information content (AvgIpc) is 3.00. The lowest BCUT2D eigenvalue weighted by atomic mass is 10.2. The van der Waals surface area contributed by atoms with Gasteiger partial charge < -0.3 is 19.4 Å². The van der Waals surface area contributed by atoms with Crippen molar-refractivity contribution in [2.24, 2.45) is 0 Å². The molecule has 0 unspecified atom stereocenters. The molecule has 0 spiro atoms. The summed E-state index contributed by atoms with van der Waals surface area (Å²) in [5.74, 6) is 0.0479. The smallest absolute Gasteiger partial charge is 0.291 e. The zero-order chi connectivity index (χ0) is 17.5. The minimum absolute atomic E-state index is 0.270. The van der Waals surface area contributed by atoms with Crippen LogP contribution in [0.3, 0.4) is 0 Å². The number of hydrogen-bond donors (Lipinski definition) is 1. The lowest BCUT2D eigenvalue weighted by Crippen LogP contribution is -2.27. The Morgan fingerprint density at radius 3 is 2.71 bits per heavy atom. The molecule has 7 heteroatoms. The Hall–Kier alpha value is -1.70. The molecule has 0 aliphatic rings. The van der Waals surface area contributed by atoms with E-state index in [0.717, 1.165) is 15.7 Å². The normalized spacial score (nSPS) is 11.0. The van der Waals surface area contributed by atoms with Gasteiger partial charge in [-0.3, -0.25) is 4.79 Å². The number of hydrogen-bond acceptors (Lipinski definition) is 4. The molecule has 130 valence electrons. The van der Waals surface area contributed by atoms with Gasteiger partial charge in [0.1, 0.15) is 0 Å². The number of carbonyl (C=O) groups excluding carboxylic acids is 1. The van der Waals surface area contributed by atoms with Crippen LogP contribution in [0, 0.1) is 6.92 Å². The molecule has 6 nitrogen and oxygen atoms in total. The third-order valence-electron chi connectivity index (χ3n) is 3.49. The number of ether oxygens (including phenoxy) is 2. The predicted molar refractivity (Wildman–Crippen MR) is 96.1 cm³/mol. The Kier molecular flexibility index (Phi) is 6.96. The molecule has 1 aromatic heterocycles. The van der Waals surface area contributed by atoms with Gasteiger partial charge in [0, 0.05) is 35.8 Å². The molecule has 0 aliphatic carbocycles. The second-order valence-corrected chi connectivity index (χ2v) is 5.96. The highest BCUT2D eigenvalue weighted by Crippen LogP contribution is 2.23. The second-order valence-electron chi connectivity index (χ2n) is 5.11. The quantitative estimate of drug-likeness (QED) is 0.693. The van der Waals surface area contributed by atoms with Crippen LogP contribution in [0.2, 0.25) is 0 Å². The van der Waals surface area contributed by atoms with Crippen molar-refractivity contribution in [2.75, 3.05) is 18.5 Å². The van der Waals surface area contributed by atoms with Crippen molar-refractivity contribution in [3.8, 4) is 0 Å². The van der Waals surface area contributed by atoms with Crippen LogP contribution in [0.1, 0.15) is 30.0 Å². The third-order valence-corrected chi connectivity index (χ3v) is 4.34. The van der Waals surface area contributed by atoms with E-state index < -0.39 is 6.29 Å². The van der Waals surface area contributed by atoms with Gasteiger partial charge in [-0.05, 0) is 38.5 Å². The zero-order valence-electron chi connectivity index (χ0n) is 14.1. The van der Waals surface area contributed by atoms with Crippen LogP contribution in [0.15, 0.2) is 35.1 Å². The van der Waals surface area contributed by atoms with Gasteiger partial charge in [0.15, 0.2) is 12.1 Å². The highest BCUT2D eigenvalue weighted by Gasteiger charge is 2.18. The van der Waals surface area contributed by atoms with Crippen LogP contribution >= 0.6 is 15.9 Å². The van der Waals surface area contributed by atoms with E-state index in [2.05, 4.69) is 26.2 Å². The van der Waals surface area contributed by atoms with E-state index >= 15 is 0 Å². The number of rotatable bonds is 8. The molecule has 0 radical (unpaired) electrons. The number of benzene rings is 1. The Morgan fingerprint density at radius 2 is 2.04 bits per heavy atom. The van der Waals surface area contributed by atoms with E-state index in [1.54, 1.807) is 17.0 Å². The summed E-state index contributed by atoms with van der Waals surface area (Å²) in [7, 11) is 0. The van der Waals surface area contributed by atoms with Gasteiger partial charge in [-0.1, -0.05) is 22.0 Å². The van der Waals surface area contributed by atoms with Gasteiger partial charge in [0.2, 0.25) is 0 Å². The van der Waals surface area contributed by atoms with Crippen molar-refractivity contribution in [1.29, 1.82) is 0 Å². The fourth-order valence-corrected chi connectivity index (χ4v) is 2.64. The van der Waals surface area contributed by atoms with E-state index in [1.165, 1.54) is 0 Å². The number of imidazole rings is 1. The SMILES string of the molecule is CCOC(Cn1ccnc1C(=O)Nc1cccc(Br)c1C)OCC. The Labute approximate surface area is 150 Å². The van der Waals surface area contributed by atoms with E-state index in [9.17, 15) is 4.79 Å². The summed E-state index contributed by atoms with van der Waals surface area (Å²) in [6.07, 6.45) is 2.93. The number of aromatic nitrogens is 2. The molecule has 0 saturated heterocycles. The summed E-state index contributed by atoms with van der Waals surface area (Å²) >= 11 is 3.46. The minimum atomic E-state index is -0.409. The molecular formula is C17H22BrN3O3. The summed E-state index contributed by atoms with van der Waals surface area (Å²) in [6.45, 7) is 7.23. The van der Waals surface area contributed by atoms with Crippen LogP contribution in [-0.2, 0) is 16.0 Å². The number of anilines is 1. The fraction of sp³-hybridized carbons (Fsp3) is 0.412. The maximum absolute atomic E-state index is 12.6. The molecule has 0 aliphatic heterocycles. The number of nitrogens with zero attached hydrogens (tertiary/aromatic N) is 2. The molecule has 0 atom stereocenters. The van der Waals surface area contributed by atoms with Gasteiger partial charge in [0.25, 0.3) is 5.91 Å². The van der Waals surface area contributed by atoms with Crippen LogP contribution in [0.5, 0.6) is 0 Å². The maximum Gasteiger partial charge on any atom is 0.291 e. The van der Waals surface area contributed by atoms with Crippen molar-refractivity contribution in [3.05, 3.63) is 46.5 Å². The molecule has 24 heavy (non-hydrogen) atoms. The maximum atomic E-state index is 12.6. The molecule has 2 rings (SSSR count). The topological polar surface area (TPSA) is 65.4 Å². The number of carbonyl (C=O) groups is 1. The van der Waals surface area contributed by atoms with Crippen LogP contribution < -0.4 is 5.32 Å². The average molecular weight is 396 g/mol. The zero-order valence-corrected chi connectivity index (χ0v) is 15.7. The first-order chi connectivity index (χ1) is 11.6. The van der Waals surface area contributed by atoms with Crippen LogP contribution in [-0.4, -0.2) is 35.0 Å². The van der Waals surface area contributed by atoms with E-state index in [0.29, 0.717) is 25.6 Å². The first kappa shape index (κ1) is 18.6. The van der Waals surface area contributed by atoms with Crippen LogP contribution in [0.4, 0.5) is 5.69 Å². The predicted octanol–water partition coefficient (Wildman–Crippen LogP) is 3.61. The lowest BCUT2D eigenvalue weighted by Gasteiger charge is -2.18. The van der Waals surface area contributed by atoms with Gasteiger partial charge in [0.05, 0.1) is 6.54 Å². The molecule has 0 saturated carbocycles. The van der Waals surface area contributed by atoms with E-state index in [1.807, 2.05) is 39.0 Å². The van der Waals surface area contributed by atoms with E-state index in [4.69, 9.17) is 9.47 Å². The largest absolute Gasteiger partial charge is 0.351 e. The highest BCUT2D eigenvalue weighted by molar-refractivity contribution is 9.10. The van der Waals surface area contributed by atoms with Crippen molar-refractivity contribution in [2.45, 2.75) is 33.6 Å². The molecule has 1 aromatic carbocycles. The number of halogens is 1. The van der Waals surface area contributed by atoms with Gasteiger partial charge in [-0.25, -0.2) is 4.98 Å². The van der Waals surface area contributed by atoms with Gasteiger partial charge in [-0.2, -0.15) is 0 Å². The first-order valence-electron chi connectivity index (χ1n) is 7.87. The van der Waals surface area contributed by atoms with Crippen molar-refractivity contribution >= 4 is 27.5 Å². The minimum Gasteiger partial charge on any atom is -0.351 e. The Bertz CT molecular complexity index is 681. The summed E-state index contributed by atoms with van der Waals surface area (Å²) in [5, 5.41) is 2.90. The van der Waals surface area contributed by atoms with Gasteiger partial charge in [-0.15, -0.1) is 0 Å². The summed E-state index contributed by atoms with van der Waals surface area (Å²) in [5.41, 5.74) is 1.71.